The van der Waals surface area contributed by atoms with Gasteiger partial charge >= 0.3 is 0 Å². The number of aryl methyl sites for hydroxylation is 4. The molecule has 0 aliphatic rings. The average Bonchev–Trinajstić information content (AvgIpc) is 3.53. The molecule has 0 amide bonds. The highest BCUT2D eigenvalue weighted by Gasteiger charge is 2.18. The molecule has 9 rings (SSSR count). The maximum absolute atomic E-state index is 5.10. The third kappa shape index (κ3) is 6.22. The number of benzene rings is 7. The SMILES string of the molecule is Cc1ccc(-c2cc(-c3ccc(-n4c5ccccc5c5cc(N(c6ccc(C)cc6)c6ccc(C)cc6)ccc54)cc3)nc(-c3ccc(C)cc3)n2)cc1. The monoisotopic (exact) mass is 696 g/mol. The number of hydrogen-bond acceptors (Lipinski definition) is 3. The molecule has 0 atom stereocenters. The molecule has 0 unspecified atom stereocenters. The summed E-state index contributed by atoms with van der Waals surface area (Å²) < 4.78 is 2.37. The van der Waals surface area contributed by atoms with Crippen LogP contribution < -0.4 is 4.90 Å². The first-order valence-corrected chi connectivity index (χ1v) is 18.5. The van der Waals surface area contributed by atoms with E-state index in [-0.39, 0.29) is 0 Å². The van der Waals surface area contributed by atoms with Gasteiger partial charge in [-0.1, -0.05) is 125 Å². The van der Waals surface area contributed by atoms with Gasteiger partial charge in [-0.15, -0.1) is 0 Å². The summed E-state index contributed by atoms with van der Waals surface area (Å²) in [6, 6.07) is 60.9. The molecule has 0 aliphatic heterocycles. The fraction of sp³-hybridized carbons (Fsp3) is 0.0800. The van der Waals surface area contributed by atoms with Crippen molar-refractivity contribution >= 4 is 38.9 Å². The molecule has 0 N–H and O–H groups in total. The third-order valence-corrected chi connectivity index (χ3v) is 10.3. The van der Waals surface area contributed by atoms with Crippen molar-refractivity contribution < 1.29 is 0 Å². The lowest BCUT2D eigenvalue weighted by molar-refractivity contribution is 1.17. The van der Waals surface area contributed by atoms with Crippen LogP contribution in [0.15, 0.2) is 170 Å². The number of anilines is 3. The fourth-order valence-corrected chi connectivity index (χ4v) is 7.29. The second-order valence-electron chi connectivity index (χ2n) is 14.3. The van der Waals surface area contributed by atoms with Crippen LogP contribution in [0, 0.1) is 27.7 Å². The molecule has 0 radical (unpaired) electrons. The van der Waals surface area contributed by atoms with Gasteiger partial charge in [-0.2, -0.15) is 0 Å². The van der Waals surface area contributed by atoms with Crippen molar-refractivity contribution in [1.82, 2.24) is 14.5 Å². The highest BCUT2D eigenvalue weighted by Crippen LogP contribution is 2.40. The van der Waals surface area contributed by atoms with Crippen molar-refractivity contribution in [3.63, 3.8) is 0 Å². The number of nitrogens with zero attached hydrogens (tertiary/aromatic N) is 4. The molecule has 2 aromatic heterocycles. The Labute approximate surface area is 316 Å². The number of fused-ring (bicyclic) bond motifs is 3. The molecule has 0 spiro atoms. The summed E-state index contributed by atoms with van der Waals surface area (Å²) in [7, 11) is 0. The highest BCUT2D eigenvalue weighted by molar-refractivity contribution is 6.10. The Balaban J connectivity index is 1.15. The van der Waals surface area contributed by atoms with E-state index >= 15 is 0 Å². The standard InChI is InChI=1S/C50H40N4/c1-33-9-17-37(18-10-33)46-32-47(52-50(51-46)39-19-11-34(2)12-20-39)38-21-27-42(28-22-38)54-48-8-6-5-7-44(48)45-31-43(29-30-49(45)54)53(40-23-13-35(3)14-24-40)41-25-15-36(4)16-26-41/h5-32H,1-4H3. The van der Waals surface area contributed by atoms with Crippen LogP contribution in [0.5, 0.6) is 0 Å². The zero-order valence-corrected chi connectivity index (χ0v) is 31.0. The first-order chi connectivity index (χ1) is 26.4. The summed E-state index contributed by atoms with van der Waals surface area (Å²) in [6.07, 6.45) is 0. The van der Waals surface area contributed by atoms with E-state index in [1.807, 2.05) is 0 Å². The minimum absolute atomic E-state index is 0.718. The van der Waals surface area contributed by atoms with Gasteiger partial charge in [0.1, 0.15) is 0 Å². The van der Waals surface area contributed by atoms with Crippen molar-refractivity contribution in [2.75, 3.05) is 4.90 Å². The molecule has 260 valence electrons. The van der Waals surface area contributed by atoms with Crippen LogP contribution in [0.4, 0.5) is 17.1 Å². The number of para-hydroxylation sites is 1. The van der Waals surface area contributed by atoms with Crippen molar-refractivity contribution in [2.24, 2.45) is 0 Å². The van der Waals surface area contributed by atoms with Crippen molar-refractivity contribution in [3.8, 4) is 39.6 Å². The van der Waals surface area contributed by atoms with E-state index in [1.54, 1.807) is 0 Å². The van der Waals surface area contributed by atoms with Gasteiger partial charge in [0.05, 0.1) is 22.4 Å². The van der Waals surface area contributed by atoms with E-state index < -0.39 is 0 Å². The van der Waals surface area contributed by atoms with E-state index in [1.165, 1.54) is 38.5 Å². The lowest BCUT2D eigenvalue weighted by Crippen LogP contribution is -2.09. The van der Waals surface area contributed by atoms with Crippen LogP contribution >= 0.6 is 0 Å². The summed E-state index contributed by atoms with van der Waals surface area (Å²) in [5, 5.41) is 2.42. The Bertz CT molecular complexity index is 2650. The molecule has 0 aliphatic carbocycles. The van der Waals surface area contributed by atoms with E-state index in [0.717, 1.165) is 62.2 Å². The Kier molecular flexibility index (Phi) is 8.36. The number of rotatable bonds is 7. The summed E-state index contributed by atoms with van der Waals surface area (Å²) in [5.74, 6) is 0.718. The number of hydrogen-bond donors (Lipinski definition) is 0. The molecule has 0 saturated carbocycles. The van der Waals surface area contributed by atoms with Crippen molar-refractivity contribution in [1.29, 1.82) is 0 Å². The topological polar surface area (TPSA) is 34.0 Å². The predicted octanol–water partition coefficient (Wildman–Crippen LogP) is 13.3. The Hall–Kier alpha value is -6.78. The summed E-state index contributed by atoms with van der Waals surface area (Å²) in [6.45, 7) is 8.47. The normalized spacial score (nSPS) is 11.3. The summed E-state index contributed by atoms with van der Waals surface area (Å²) in [5.41, 5.74) is 16.6. The summed E-state index contributed by atoms with van der Waals surface area (Å²) >= 11 is 0. The lowest BCUT2D eigenvalue weighted by Gasteiger charge is -2.26. The summed E-state index contributed by atoms with van der Waals surface area (Å²) in [4.78, 5) is 12.5. The van der Waals surface area contributed by atoms with E-state index in [4.69, 9.17) is 9.97 Å². The molecule has 0 saturated heterocycles. The average molecular weight is 697 g/mol. The minimum atomic E-state index is 0.718. The molecule has 54 heavy (non-hydrogen) atoms. The van der Waals surface area contributed by atoms with E-state index in [0.29, 0.717) is 0 Å². The highest BCUT2D eigenvalue weighted by atomic mass is 15.1. The second kappa shape index (κ2) is 13.6. The van der Waals surface area contributed by atoms with Crippen LogP contribution in [0.2, 0.25) is 0 Å². The van der Waals surface area contributed by atoms with Crippen molar-refractivity contribution in [3.05, 3.63) is 192 Å². The molecule has 0 bridgehead atoms. The van der Waals surface area contributed by atoms with Crippen LogP contribution in [-0.4, -0.2) is 14.5 Å². The minimum Gasteiger partial charge on any atom is -0.310 e. The molecular weight excluding hydrogens is 657 g/mol. The van der Waals surface area contributed by atoms with Gasteiger partial charge in [0, 0.05) is 50.2 Å². The zero-order chi connectivity index (χ0) is 36.8. The van der Waals surface area contributed by atoms with Crippen LogP contribution in [0.3, 0.4) is 0 Å². The van der Waals surface area contributed by atoms with Crippen LogP contribution in [0.1, 0.15) is 22.3 Å². The Morgan fingerprint density at radius 2 is 0.833 bits per heavy atom. The lowest BCUT2D eigenvalue weighted by atomic mass is 10.0. The van der Waals surface area contributed by atoms with Crippen molar-refractivity contribution in [2.45, 2.75) is 27.7 Å². The molecule has 4 nitrogen and oxygen atoms in total. The second-order valence-corrected chi connectivity index (χ2v) is 14.3. The van der Waals surface area contributed by atoms with Gasteiger partial charge < -0.3 is 9.47 Å². The largest absolute Gasteiger partial charge is 0.310 e. The van der Waals surface area contributed by atoms with E-state index in [9.17, 15) is 0 Å². The fourth-order valence-electron chi connectivity index (χ4n) is 7.29. The molecule has 7 aromatic carbocycles. The first kappa shape index (κ1) is 33.1. The van der Waals surface area contributed by atoms with Gasteiger partial charge in [0.2, 0.25) is 0 Å². The van der Waals surface area contributed by atoms with Gasteiger partial charge in [-0.3, -0.25) is 0 Å². The number of aromatic nitrogens is 3. The maximum Gasteiger partial charge on any atom is 0.160 e. The molecular formula is C50H40N4. The predicted molar refractivity (Wildman–Crippen MR) is 226 cm³/mol. The zero-order valence-electron chi connectivity index (χ0n) is 31.0. The first-order valence-electron chi connectivity index (χ1n) is 18.5. The van der Waals surface area contributed by atoms with Gasteiger partial charge in [0.25, 0.3) is 0 Å². The third-order valence-electron chi connectivity index (χ3n) is 10.3. The van der Waals surface area contributed by atoms with Gasteiger partial charge in [0.15, 0.2) is 5.82 Å². The maximum atomic E-state index is 5.10. The molecule has 9 aromatic rings. The van der Waals surface area contributed by atoms with E-state index in [2.05, 4.69) is 207 Å². The molecule has 4 heteroatoms. The van der Waals surface area contributed by atoms with Gasteiger partial charge in [-0.05, 0) is 94.4 Å². The Morgan fingerprint density at radius 3 is 1.39 bits per heavy atom. The van der Waals surface area contributed by atoms with Crippen LogP contribution in [0.25, 0.3) is 61.4 Å². The van der Waals surface area contributed by atoms with Crippen LogP contribution in [-0.2, 0) is 0 Å². The quantitative estimate of drug-likeness (QED) is 0.166. The van der Waals surface area contributed by atoms with Gasteiger partial charge in [-0.25, -0.2) is 9.97 Å². The Morgan fingerprint density at radius 1 is 0.389 bits per heavy atom. The molecule has 0 fully saturated rings. The molecule has 2 heterocycles. The smallest absolute Gasteiger partial charge is 0.160 e.